The summed E-state index contributed by atoms with van der Waals surface area (Å²) in [6.45, 7) is 17.4. The molecular weight excluding hydrogens is 1020 g/mol. The van der Waals surface area contributed by atoms with Gasteiger partial charge in [-0.05, 0) is 290 Å². The van der Waals surface area contributed by atoms with Crippen LogP contribution in [0.1, 0.15) is 44.5 Å². The minimum absolute atomic E-state index is 1.07. The summed E-state index contributed by atoms with van der Waals surface area (Å²) >= 11 is 0. The van der Waals surface area contributed by atoms with Gasteiger partial charge >= 0.3 is 0 Å². The van der Waals surface area contributed by atoms with Crippen molar-refractivity contribution in [1.29, 1.82) is 0 Å². The second-order valence-corrected chi connectivity index (χ2v) is 23.0. The van der Waals surface area contributed by atoms with Crippen LogP contribution in [0.4, 0.5) is 68.2 Å². The molecule has 13 rings (SSSR count). The van der Waals surface area contributed by atoms with Gasteiger partial charge in [-0.1, -0.05) is 121 Å². The summed E-state index contributed by atoms with van der Waals surface area (Å²) in [5.74, 6) is 0. The highest BCUT2D eigenvalue weighted by Crippen LogP contribution is 2.54. The van der Waals surface area contributed by atoms with Crippen molar-refractivity contribution in [3.63, 3.8) is 0 Å². The van der Waals surface area contributed by atoms with E-state index >= 15 is 0 Å². The number of benzene rings is 12. The second-order valence-electron chi connectivity index (χ2n) is 23.0. The van der Waals surface area contributed by atoms with Crippen LogP contribution in [0.5, 0.6) is 0 Å². The molecule has 408 valence electrons. The lowest BCUT2D eigenvalue weighted by Gasteiger charge is -2.32. The third-order valence-corrected chi connectivity index (χ3v) is 16.3. The molecular formula is C80H68N4. The Morgan fingerprint density at radius 2 is 0.286 bits per heavy atom. The summed E-state index contributed by atoms with van der Waals surface area (Å²) < 4.78 is 0. The lowest BCUT2D eigenvalue weighted by Crippen LogP contribution is -2.13. The van der Waals surface area contributed by atoms with Crippen molar-refractivity contribution in [2.24, 2.45) is 0 Å². The monoisotopic (exact) mass is 1080 g/mol. The molecule has 0 spiro atoms. The molecule has 0 saturated heterocycles. The Hall–Kier alpha value is -10.2. The molecule has 0 heterocycles. The van der Waals surface area contributed by atoms with Gasteiger partial charge in [-0.25, -0.2) is 0 Å². The standard InChI is InChI=1S/C80H68N4/c1-53-17-9-25-61(41-53)81(62-26-10-18-54(2)42-62)69-33-37-73-74-38-34-71(83(65-29-13-21-57(5)45-65)66-30-14-22-58(6)46-66)51-79(74)80-52-72(84(67-31-15-23-59(7)47-67)68-32-16-24-60(8)48-68)36-40-76(80)75-39-35-70(50-78(75)77(73)49-69)82(63-27-11-19-55(3)43-63)64-28-12-20-56(4)44-64/h9-52H,1-8H3. The number of anilines is 12. The molecule has 12 aromatic rings. The Morgan fingerprint density at radius 3 is 0.429 bits per heavy atom. The van der Waals surface area contributed by atoms with Crippen LogP contribution in [-0.2, 0) is 0 Å². The molecule has 0 bridgehead atoms. The maximum atomic E-state index is 2.45. The fourth-order valence-corrected chi connectivity index (χ4v) is 12.4. The number of rotatable bonds is 12. The van der Waals surface area contributed by atoms with Gasteiger partial charge in [-0.2, -0.15) is 0 Å². The van der Waals surface area contributed by atoms with Gasteiger partial charge in [0, 0.05) is 68.2 Å². The van der Waals surface area contributed by atoms with Crippen molar-refractivity contribution in [2.75, 3.05) is 19.6 Å². The van der Waals surface area contributed by atoms with Crippen LogP contribution >= 0.6 is 0 Å². The molecule has 1 aliphatic rings. The Morgan fingerprint density at radius 1 is 0.143 bits per heavy atom. The predicted octanol–water partition coefficient (Wildman–Crippen LogP) is 23.0. The summed E-state index contributed by atoms with van der Waals surface area (Å²) in [5.41, 5.74) is 31.9. The van der Waals surface area contributed by atoms with Gasteiger partial charge in [0.1, 0.15) is 0 Å². The molecule has 0 aromatic heterocycles. The van der Waals surface area contributed by atoms with Crippen molar-refractivity contribution >= 4 is 68.2 Å². The fraction of sp³-hybridized carbons (Fsp3) is 0.100. The van der Waals surface area contributed by atoms with Gasteiger partial charge in [-0.3, -0.25) is 0 Å². The molecule has 0 radical (unpaired) electrons. The van der Waals surface area contributed by atoms with Crippen molar-refractivity contribution in [2.45, 2.75) is 55.4 Å². The first kappa shape index (κ1) is 53.2. The van der Waals surface area contributed by atoms with E-state index in [4.69, 9.17) is 0 Å². The highest BCUT2D eigenvalue weighted by molar-refractivity contribution is 6.07. The van der Waals surface area contributed by atoms with E-state index in [0.29, 0.717) is 0 Å². The average Bonchev–Trinajstić information content (AvgIpc) is 2.16. The van der Waals surface area contributed by atoms with E-state index in [1.165, 1.54) is 44.5 Å². The van der Waals surface area contributed by atoms with Crippen LogP contribution in [0.25, 0.3) is 44.5 Å². The summed E-state index contributed by atoms with van der Waals surface area (Å²) in [5, 5.41) is 0. The minimum atomic E-state index is 1.07. The van der Waals surface area contributed by atoms with E-state index in [1.54, 1.807) is 0 Å². The van der Waals surface area contributed by atoms with Crippen molar-refractivity contribution in [1.82, 2.24) is 0 Å². The number of nitrogens with zero attached hydrogens (tertiary/aromatic N) is 4. The quantitative estimate of drug-likeness (QED) is 0.121. The van der Waals surface area contributed by atoms with E-state index in [0.717, 1.165) is 113 Å². The number of hydrogen-bond acceptors (Lipinski definition) is 4. The number of hydrogen-bond donors (Lipinski definition) is 0. The molecule has 0 fully saturated rings. The largest absolute Gasteiger partial charge is 0.310 e. The SMILES string of the molecule is Cc1cccc(N(c2cccc(C)c2)c2ccc3c(c2)-c2cc(N(c4cccc(C)c4)c4cccc(C)c4)ccc2-c2ccc(N(c4cccc(C)c4)c4cccc(C)c4)cc2-c2cc(N(c4cccc(C)c4)c4cccc(C)c4)ccc2-3)c1. The molecule has 4 nitrogen and oxygen atoms in total. The molecule has 0 atom stereocenters. The first-order chi connectivity index (χ1) is 40.9. The smallest absolute Gasteiger partial charge is 0.0468 e. The average molecular weight is 1090 g/mol. The number of fused-ring (bicyclic) bond motifs is 8. The van der Waals surface area contributed by atoms with Crippen LogP contribution in [-0.4, -0.2) is 0 Å². The molecule has 12 aromatic carbocycles. The highest BCUT2D eigenvalue weighted by Gasteiger charge is 2.29. The minimum Gasteiger partial charge on any atom is -0.310 e. The van der Waals surface area contributed by atoms with E-state index in [1.807, 2.05) is 0 Å². The Balaban J connectivity index is 1.14. The third kappa shape index (κ3) is 10.4. The van der Waals surface area contributed by atoms with Crippen molar-refractivity contribution in [3.8, 4) is 44.5 Å². The maximum Gasteiger partial charge on any atom is 0.0468 e. The van der Waals surface area contributed by atoms with Crippen LogP contribution < -0.4 is 19.6 Å². The van der Waals surface area contributed by atoms with Gasteiger partial charge in [0.2, 0.25) is 0 Å². The fourth-order valence-electron chi connectivity index (χ4n) is 12.4. The maximum absolute atomic E-state index is 2.45. The normalized spacial score (nSPS) is 11.3. The molecule has 0 saturated carbocycles. The number of aryl methyl sites for hydroxylation is 8. The van der Waals surface area contributed by atoms with E-state index in [2.05, 4.69) is 342 Å². The molecule has 1 aliphatic carbocycles. The molecule has 0 aliphatic heterocycles. The zero-order valence-electron chi connectivity index (χ0n) is 49.2. The molecule has 0 unspecified atom stereocenters. The van der Waals surface area contributed by atoms with Crippen LogP contribution in [0.2, 0.25) is 0 Å². The second kappa shape index (κ2) is 22.3. The predicted molar refractivity (Wildman–Crippen MR) is 358 cm³/mol. The van der Waals surface area contributed by atoms with Crippen LogP contribution in [0, 0.1) is 55.4 Å². The molecule has 84 heavy (non-hydrogen) atoms. The van der Waals surface area contributed by atoms with Gasteiger partial charge < -0.3 is 19.6 Å². The van der Waals surface area contributed by atoms with Crippen LogP contribution in [0.15, 0.2) is 267 Å². The molecule has 4 heteroatoms. The highest BCUT2D eigenvalue weighted by atomic mass is 15.2. The van der Waals surface area contributed by atoms with E-state index < -0.39 is 0 Å². The zero-order chi connectivity index (χ0) is 57.6. The third-order valence-electron chi connectivity index (χ3n) is 16.3. The first-order valence-corrected chi connectivity index (χ1v) is 29.2. The van der Waals surface area contributed by atoms with Gasteiger partial charge in [0.15, 0.2) is 0 Å². The lowest BCUT2D eigenvalue weighted by atomic mass is 9.80. The van der Waals surface area contributed by atoms with E-state index in [9.17, 15) is 0 Å². The Labute approximate surface area is 496 Å². The van der Waals surface area contributed by atoms with Crippen LogP contribution in [0.3, 0.4) is 0 Å². The van der Waals surface area contributed by atoms with Crippen molar-refractivity contribution in [3.05, 3.63) is 311 Å². The van der Waals surface area contributed by atoms with Gasteiger partial charge in [0.05, 0.1) is 0 Å². The Bertz CT molecular complexity index is 3720. The van der Waals surface area contributed by atoms with Gasteiger partial charge in [0.25, 0.3) is 0 Å². The summed E-state index contributed by atoms with van der Waals surface area (Å²) in [6.07, 6.45) is 0. The molecule has 0 N–H and O–H groups in total. The topological polar surface area (TPSA) is 13.0 Å². The summed E-state index contributed by atoms with van der Waals surface area (Å²) in [4.78, 5) is 9.69. The summed E-state index contributed by atoms with van der Waals surface area (Å²) in [7, 11) is 0. The van der Waals surface area contributed by atoms with E-state index in [-0.39, 0.29) is 0 Å². The molecule has 0 amide bonds. The van der Waals surface area contributed by atoms with Crippen molar-refractivity contribution < 1.29 is 0 Å². The zero-order valence-corrected chi connectivity index (χ0v) is 49.2. The first-order valence-electron chi connectivity index (χ1n) is 29.2. The Kier molecular flexibility index (Phi) is 14.1. The summed E-state index contributed by atoms with van der Waals surface area (Å²) in [6, 6.07) is 99.7. The lowest BCUT2D eigenvalue weighted by molar-refractivity contribution is 1.25. The van der Waals surface area contributed by atoms with Gasteiger partial charge in [-0.15, -0.1) is 0 Å².